The molecule has 14 N–H and O–H groups in total. The number of aromatic nitrogens is 4. The van der Waals surface area contributed by atoms with E-state index in [0.29, 0.717) is 25.9 Å². The van der Waals surface area contributed by atoms with Gasteiger partial charge in [-0.25, -0.2) is 19.9 Å². The van der Waals surface area contributed by atoms with E-state index >= 15 is 0 Å². The minimum Gasteiger partial charge on any atom is -0.382 e. The molecule has 2 amide bonds. The number of carbonyl (C=O) groups is 2. The normalized spacial score (nSPS) is 11.9. The average Bonchev–Trinajstić information content (AvgIpc) is 3.15. The van der Waals surface area contributed by atoms with Gasteiger partial charge in [-0.3, -0.25) is 40.0 Å². The summed E-state index contributed by atoms with van der Waals surface area (Å²) >= 11 is 11.8. The van der Waals surface area contributed by atoms with Crippen LogP contribution in [-0.2, 0) is 13.1 Å². The maximum atomic E-state index is 12.6. The van der Waals surface area contributed by atoms with Gasteiger partial charge in [-0.1, -0.05) is 83.9 Å². The van der Waals surface area contributed by atoms with Crippen LogP contribution in [0.4, 0.5) is 23.3 Å². The largest absolute Gasteiger partial charge is 0.382 e. The van der Waals surface area contributed by atoms with Gasteiger partial charge in [0.25, 0.3) is 11.8 Å². The highest BCUT2D eigenvalue weighted by molar-refractivity contribution is 6.32. The molecule has 0 fully saturated rings. The smallest absolute Gasteiger partial charge is 0.280 e. The van der Waals surface area contributed by atoms with Crippen molar-refractivity contribution in [2.45, 2.75) is 32.4 Å². The molecule has 0 saturated heterocycles. The van der Waals surface area contributed by atoms with Crippen molar-refractivity contribution in [2.24, 2.45) is 21.5 Å². The van der Waals surface area contributed by atoms with Crippen molar-refractivity contribution in [3.63, 3.8) is 0 Å². The van der Waals surface area contributed by atoms with Crippen LogP contribution in [0.2, 0.25) is 10.3 Å². The third-order valence-electron chi connectivity index (χ3n) is 8.00. The standard InChI is InChI=1S/C35H46Cl2N16O2/c36-26-30(40)48-28(38)24(46-26)32(54)50-34(42)44-14-7-16-52(20-22-10-3-1-4-11-22)18-9-19-53(21-23-12-5-2-6-13-23)17-8-15-45-35(43)51-33(55)25-29(39)49-31(41)27(37)47-25/h1-6,10-13H,7-9,14-21H2,(H4,38,40,48)(H4,39,41,49)(H3,42,44,50,54)(H3,43,45,51,55). The predicted molar refractivity (Wildman–Crippen MR) is 217 cm³/mol. The molecule has 0 aliphatic rings. The molecule has 0 aliphatic heterocycles. The second kappa shape index (κ2) is 21.2. The van der Waals surface area contributed by atoms with Crippen molar-refractivity contribution >= 4 is 70.2 Å². The zero-order chi connectivity index (χ0) is 39.7. The fraction of sp³-hybridized carbons (Fsp3) is 0.314. The summed E-state index contributed by atoms with van der Waals surface area (Å²) in [5, 5.41) is 4.65. The molecule has 4 aromatic rings. The molecule has 2 aromatic heterocycles. The molecule has 0 aliphatic carbocycles. The summed E-state index contributed by atoms with van der Waals surface area (Å²) in [4.78, 5) is 53.9. The van der Waals surface area contributed by atoms with E-state index in [1.165, 1.54) is 11.1 Å². The van der Waals surface area contributed by atoms with Gasteiger partial charge < -0.3 is 34.4 Å². The molecule has 292 valence electrons. The van der Waals surface area contributed by atoms with Gasteiger partial charge >= 0.3 is 0 Å². The zero-order valence-electron chi connectivity index (χ0n) is 30.2. The number of amides is 2. The summed E-state index contributed by atoms with van der Waals surface area (Å²) < 4.78 is 0. The second-order valence-corrected chi connectivity index (χ2v) is 13.0. The van der Waals surface area contributed by atoms with Crippen LogP contribution in [0, 0.1) is 0 Å². The lowest BCUT2D eigenvalue weighted by molar-refractivity contribution is 0.0964. The number of nitrogens with one attached hydrogen (secondary N) is 2. The Morgan fingerprint density at radius 3 is 1.31 bits per heavy atom. The summed E-state index contributed by atoms with van der Waals surface area (Å²) in [6.07, 6.45) is 2.27. The molecule has 0 saturated carbocycles. The fourth-order valence-electron chi connectivity index (χ4n) is 5.38. The number of hydrogen-bond acceptors (Lipinski definition) is 14. The summed E-state index contributed by atoms with van der Waals surface area (Å²) in [7, 11) is 0. The number of benzene rings is 2. The zero-order valence-corrected chi connectivity index (χ0v) is 31.7. The quantitative estimate of drug-likeness (QED) is 0.0405. The number of hydrogen-bond donors (Lipinski definition) is 8. The lowest BCUT2D eigenvalue weighted by atomic mass is 10.2. The Morgan fingerprint density at radius 1 is 0.564 bits per heavy atom. The molecular weight excluding hydrogens is 747 g/mol. The van der Waals surface area contributed by atoms with Gasteiger partial charge in [0, 0.05) is 39.3 Å². The van der Waals surface area contributed by atoms with Crippen LogP contribution in [-0.4, -0.2) is 92.7 Å². The number of rotatable bonds is 18. The number of carbonyl (C=O) groups excluding carboxylic acids is 2. The number of aliphatic imine (C=N–C) groups is 2. The van der Waals surface area contributed by atoms with Crippen LogP contribution >= 0.6 is 23.2 Å². The minimum absolute atomic E-state index is 0.0792. The number of guanidine groups is 2. The average molecular weight is 794 g/mol. The molecule has 0 atom stereocenters. The van der Waals surface area contributed by atoms with Gasteiger partial charge in [0.05, 0.1) is 0 Å². The highest BCUT2D eigenvalue weighted by Crippen LogP contribution is 2.18. The molecule has 2 heterocycles. The minimum atomic E-state index is -0.693. The Hall–Kier alpha value is -5.82. The molecule has 2 aromatic carbocycles. The van der Waals surface area contributed by atoms with E-state index in [1.807, 2.05) is 36.4 Å². The van der Waals surface area contributed by atoms with Gasteiger partial charge in [-0.2, -0.15) is 0 Å². The van der Waals surface area contributed by atoms with E-state index in [2.05, 4.69) is 74.6 Å². The topological polar surface area (TPSA) is 297 Å². The van der Waals surface area contributed by atoms with Crippen molar-refractivity contribution in [1.29, 1.82) is 0 Å². The van der Waals surface area contributed by atoms with Crippen LogP contribution in [0.25, 0.3) is 0 Å². The summed E-state index contributed by atoms with van der Waals surface area (Å²) in [6.45, 7) is 5.39. The SMILES string of the molecule is NC(=NCCCN(CCCN(CCCN=C(N)NC(=O)c1nc(Cl)c(N)nc1N)Cc1ccccc1)Cc1ccccc1)NC(=O)c1nc(Cl)c(N)nc1N. The van der Waals surface area contributed by atoms with Gasteiger partial charge in [-0.05, 0) is 43.5 Å². The summed E-state index contributed by atoms with van der Waals surface area (Å²) in [5.41, 5.74) is 36.7. The molecule has 0 bridgehead atoms. The molecule has 18 nitrogen and oxygen atoms in total. The summed E-state index contributed by atoms with van der Waals surface area (Å²) in [6, 6.07) is 20.5. The monoisotopic (exact) mass is 792 g/mol. The van der Waals surface area contributed by atoms with Crippen LogP contribution < -0.4 is 45.0 Å². The predicted octanol–water partition coefficient (Wildman–Crippen LogP) is 1.87. The van der Waals surface area contributed by atoms with Crippen molar-refractivity contribution in [2.75, 3.05) is 62.2 Å². The Kier molecular flexibility index (Phi) is 16.1. The number of nitrogen functional groups attached to an aromatic ring is 4. The number of nitrogens with zero attached hydrogens (tertiary/aromatic N) is 8. The van der Waals surface area contributed by atoms with E-state index in [-0.39, 0.29) is 56.9 Å². The highest BCUT2D eigenvalue weighted by Gasteiger charge is 2.18. The fourth-order valence-corrected chi connectivity index (χ4v) is 5.63. The van der Waals surface area contributed by atoms with Crippen LogP contribution in [0.15, 0.2) is 70.6 Å². The van der Waals surface area contributed by atoms with Crippen molar-refractivity contribution < 1.29 is 9.59 Å². The van der Waals surface area contributed by atoms with E-state index in [0.717, 1.165) is 45.7 Å². The summed E-state index contributed by atoms with van der Waals surface area (Å²) in [5.74, 6) is -2.05. The first kappa shape index (κ1) is 41.9. The maximum Gasteiger partial charge on any atom is 0.280 e. The number of nitrogens with two attached hydrogens (primary N) is 6. The van der Waals surface area contributed by atoms with Crippen LogP contribution in [0.3, 0.4) is 0 Å². The van der Waals surface area contributed by atoms with Gasteiger partial charge in [0.1, 0.15) is 0 Å². The molecule has 0 radical (unpaired) electrons. The molecule has 4 rings (SSSR count). The van der Waals surface area contributed by atoms with E-state index in [1.54, 1.807) is 0 Å². The first-order chi connectivity index (χ1) is 26.4. The van der Waals surface area contributed by atoms with Gasteiger partial charge in [0.2, 0.25) is 0 Å². The Labute approximate surface area is 328 Å². The Balaban J connectivity index is 1.30. The van der Waals surface area contributed by atoms with Crippen molar-refractivity contribution in [1.82, 2.24) is 40.4 Å². The molecule has 0 spiro atoms. The maximum absolute atomic E-state index is 12.6. The number of anilines is 4. The van der Waals surface area contributed by atoms with Crippen molar-refractivity contribution in [3.8, 4) is 0 Å². The highest BCUT2D eigenvalue weighted by atomic mass is 35.5. The molecular formula is C35H46Cl2N16O2. The Morgan fingerprint density at radius 2 is 0.927 bits per heavy atom. The van der Waals surface area contributed by atoms with E-state index < -0.39 is 11.8 Å². The van der Waals surface area contributed by atoms with Gasteiger partial charge in [0.15, 0.2) is 56.9 Å². The third kappa shape index (κ3) is 13.8. The molecule has 0 unspecified atom stereocenters. The van der Waals surface area contributed by atoms with Crippen LogP contribution in [0.5, 0.6) is 0 Å². The van der Waals surface area contributed by atoms with Crippen LogP contribution in [0.1, 0.15) is 51.4 Å². The Bertz CT molecular complexity index is 1810. The third-order valence-corrected chi connectivity index (χ3v) is 8.56. The van der Waals surface area contributed by atoms with Crippen molar-refractivity contribution in [3.05, 3.63) is 93.5 Å². The lowest BCUT2D eigenvalue weighted by Gasteiger charge is -2.26. The van der Waals surface area contributed by atoms with E-state index in [4.69, 9.17) is 57.6 Å². The lowest BCUT2D eigenvalue weighted by Crippen LogP contribution is -2.38. The molecule has 55 heavy (non-hydrogen) atoms. The second-order valence-electron chi connectivity index (χ2n) is 12.3. The van der Waals surface area contributed by atoms with Gasteiger partial charge in [-0.15, -0.1) is 0 Å². The van der Waals surface area contributed by atoms with E-state index in [9.17, 15) is 9.59 Å². The first-order valence-electron chi connectivity index (χ1n) is 17.3. The molecule has 20 heteroatoms. The number of halogens is 2. The first-order valence-corrected chi connectivity index (χ1v) is 18.1.